The van der Waals surface area contributed by atoms with E-state index in [9.17, 15) is 9.59 Å². The van der Waals surface area contributed by atoms with Gasteiger partial charge in [0.1, 0.15) is 10.4 Å². The molecule has 0 aliphatic rings. The predicted molar refractivity (Wildman–Crippen MR) is 67.0 cm³/mol. The Kier molecular flexibility index (Phi) is 3.34. The monoisotopic (exact) mass is 293 g/mol. The third-order valence-electron chi connectivity index (χ3n) is 1.99. The molecule has 6 heteroatoms. The molecule has 0 unspecified atom stereocenters. The summed E-state index contributed by atoms with van der Waals surface area (Å²) in [6.45, 7) is 0. The maximum absolute atomic E-state index is 11.8. The Labute approximate surface area is 105 Å². The minimum Gasteiger partial charge on any atom is -0.329 e. The predicted octanol–water partition coefficient (Wildman–Crippen LogP) is 1.78. The maximum atomic E-state index is 11.8. The van der Waals surface area contributed by atoms with E-state index in [4.69, 9.17) is 0 Å². The number of aromatic nitrogens is 2. The number of amides is 1. The molecule has 0 atom stereocenters. The Bertz CT molecular complexity index is 609. The standard InChI is InChI=1S/C11H8BrN3O2/c12-8-2-1-3-9(14-8)15-11(17)7-4-5-13-10(16)6-7/h1-6H,(H,13,16)(H,14,15,17). The topological polar surface area (TPSA) is 74.8 Å². The first kappa shape index (κ1) is 11.5. The second kappa shape index (κ2) is 4.92. The highest BCUT2D eigenvalue weighted by molar-refractivity contribution is 9.10. The number of nitrogens with one attached hydrogen (secondary N) is 2. The zero-order valence-electron chi connectivity index (χ0n) is 8.61. The molecule has 0 saturated heterocycles. The Morgan fingerprint density at radius 2 is 2.18 bits per heavy atom. The van der Waals surface area contributed by atoms with Crippen LogP contribution in [0.5, 0.6) is 0 Å². The second-order valence-corrected chi connectivity index (χ2v) is 4.05. The van der Waals surface area contributed by atoms with Gasteiger partial charge >= 0.3 is 0 Å². The van der Waals surface area contributed by atoms with Crippen molar-refractivity contribution < 1.29 is 4.79 Å². The van der Waals surface area contributed by atoms with Crippen molar-refractivity contribution in [3.63, 3.8) is 0 Å². The molecule has 0 aromatic carbocycles. The lowest BCUT2D eigenvalue weighted by Crippen LogP contribution is -2.16. The molecule has 2 heterocycles. The van der Waals surface area contributed by atoms with Gasteiger partial charge in [-0.15, -0.1) is 0 Å². The third-order valence-corrected chi connectivity index (χ3v) is 2.44. The van der Waals surface area contributed by atoms with Crippen molar-refractivity contribution in [2.75, 3.05) is 5.32 Å². The average molecular weight is 294 g/mol. The summed E-state index contributed by atoms with van der Waals surface area (Å²) >= 11 is 3.20. The van der Waals surface area contributed by atoms with Gasteiger partial charge < -0.3 is 10.3 Å². The molecule has 0 aliphatic heterocycles. The minimum absolute atomic E-state index is 0.288. The van der Waals surface area contributed by atoms with Crippen LogP contribution in [0.3, 0.4) is 0 Å². The first-order valence-electron chi connectivity index (χ1n) is 4.78. The van der Waals surface area contributed by atoms with Crippen LogP contribution in [0, 0.1) is 0 Å². The Hall–Kier alpha value is -1.95. The molecule has 1 amide bonds. The van der Waals surface area contributed by atoms with Gasteiger partial charge in [0.2, 0.25) is 5.56 Å². The normalized spacial score (nSPS) is 9.94. The molecular weight excluding hydrogens is 286 g/mol. The van der Waals surface area contributed by atoms with Crippen LogP contribution in [-0.4, -0.2) is 15.9 Å². The number of pyridine rings is 2. The summed E-state index contributed by atoms with van der Waals surface area (Å²) in [4.78, 5) is 29.3. The molecule has 2 aromatic heterocycles. The number of carbonyl (C=O) groups is 1. The van der Waals surface area contributed by atoms with Gasteiger partial charge in [0, 0.05) is 17.8 Å². The van der Waals surface area contributed by atoms with Gasteiger partial charge in [-0.1, -0.05) is 6.07 Å². The number of rotatable bonds is 2. The zero-order chi connectivity index (χ0) is 12.3. The summed E-state index contributed by atoms with van der Waals surface area (Å²) in [6, 6.07) is 7.92. The number of aromatic amines is 1. The summed E-state index contributed by atoms with van der Waals surface area (Å²) in [6.07, 6.45) is 1.42. The van der Waals surface area contributed by atoms with Gasteiger partial charge in [-0.3, -0.25) is 9.59 Å². The Morgan fingerprint density at radius 1 is 1.35 bits per heavy atom. The lowest BCUT2D eigenvalue weighted by Gasteiger charge is -2.03. The molecule has 2 N–H and O–H groups in total. The number of carbonyl (C=O) groups excluding carboxylic acids is 1. The molecule has 2 rings (SSSR count). The van der Waals surface area contributed by atoms with E-state index in [1.54, 1.807) is 18.2 Å². The van der Waals surface area contributed by atoms with E-state index in [0.717, 1.165) is 0 Å². The van der Waals surface area contributed by atoms with E-state index < -0.39 is 0 Å². The molecule has 5 nitrogen and oxygen atoms in total. The van der Waals surface area contributed by atoms with Crippen LogP contribution in [0.4, 0.5) is 5.82 Å². The fraction of sp³-hybridized carbons (Fsp3) is 0. The molecule has 0 spiro atoms. The van der Waals surface area contributed by atoms with Gasteiger partial charge in [0.25, 0.3) is 5.91 Å². The van der Waals surface area contributed by atoms with E-state index in [1.165, 1.54) is 18.3 Å². The van der Waals surface area contributed by atoms with Gasteiger partial charge in [0.05, 0.1) is 0 Å². The fourth-order valence-electron chi connectivity index (χ4n) is 1.25. The summed E-state index contributed by atoms with van der Waals surface area (Å²) in [5.41, 5.74) is -0.0321. The zero-order valence-corrected chi connectivity index (χ0v) is 10.2. The molecule has 0 fully saturated rings. The molecule has 0 aliphatic carbocycles. The SMILES string of the molecule is O=C(Nc1cccc(Br)n1)c1cc[nH]c(=O)c1. The lowest BCUT2D eigenvalue weighted by atomic mass is 10.2. The van der Waals surface area contributed by atoms with E-state index in [0.29, 0.717) is 10.4 Å². The highest BCUT2D eigenvalue weighted by Crippen LogP contribution is 2.10. The highest BCUT2D eigenvalue weighted by atomic mass is 79.9. The smallest absolute Gasteiger partial charge is 0.257 e. The van der Waals surface area contributed by atoms with Gasteiger partial charge in [0.15, 0.2) is 0 Å². The average Bonchev–Trinajstić information content (AvgIpc) is 2.29. The fourth-order valence-corrected chi connectivity index (χ4v) is 1.60. The molecule has 17 heavy (non-hydrogen) atoms. The van der Waals surface area contributed by atoms with Crippen molar-refractivity contribution in [2.24, 2.45) is 0 Å². The van der Waals surface area contributed by atoms with Crippen LogP contribution in [0.25, 0.3) is 0 Å². The molecule has 2 aromatic rings. The van der Waals surface area contributed by atoms with Crippen LogP contribution in [0.15, 0.2) is 45.9 Å². The summed E-state index contributed by atoms with van der Waals surface area (Å²) in [5.74, 6) is 0.0476. The van der Waals surface area contributed by atoms with Crippen molar-refractivity contribution in [2.45, 2.75) is 0 Å². The van der Waals surface area contributed by atoms with Gasteiger partial charge in [-0.25, -0.2) is 4.98 Å². The van der Waals surface area contributed by atoms with E-state index in [-0.39, 0.29) is 17.0 Å². The number of H-pyrrole nitrogens is 1. The number of hydrogen-bond acceptors (Lipinski definition) is 3. The summed E-state index contributed by atoms with van der Waals surface area (Å²) < 4.78 is 0.626. The van der Waals surface area contributed by atoms with Crippen molar-refractivity contribution in [1.29, 1.82) is 0 Å². The number of nitrogens with zero attached hydrogens (tertiary/aromatic N) is 1. The first-order valence-corrected chi connectivity index (χ1v) is 5.57. The maximum Gasteiger partial charge on any atom is 0.257 e. The summed E-state index contributed by atoms with van der Waals surface area (Å²) in [5, 5.41) is 2.59. The van der Waals surface area contributed by atoms with Crippen molar-refractivity contribution >= 4 is 27.7 Å². The van der Waals surface area contributed by atoms with Crippen LogP contribution >= 0.6 is 15.9 Å². The van der Waals surface area contributed by atoms with E-state index in [2.05, 4.69) is 31.2 Å². The third kappa shape index (κ3) is 3.01. The number of anilines is 1. The van der Waals surface area contributed by atoms with Crippen LogP contribution in [0.2, 0.25) is 0 Å². The lowest BCUT2D eigenvalue weighted by molar-refractivity contribution is 0.102. The molecular formula is C11H8BrN3O2. The minimum atomic E-state index is -0.373. The van der Waals surface area contributed by atoms with Crippen LogP contribution < -0.4 is 10.9 Å². The molecule has 0 bridgehead atoms. The van der Waals surface area contributed by atoms with Crippen LogP contribution in [-0.2, 0) is 0 Å². The van der Waals surface area contributed by atoms with Crippen molar-refractivity contribution in [1.82, 2.24) is 9.97 Å². The van der Waals surface area contributed by atoms with Crippen molar-refractivity contribution in [3.05, 3.63) is 57.0 Å². The first-order chi connectivity index (χ1) is 8.15. The Balaban J connectivity index is 2.20. The quantitative estimate of drug-likeness (QED) is 0.829. The second-order valence-electron chi connectivity index (χ2n) is 3.24. The number of hydrogen-bond donors (Lipinski definition) is 2. The van der Waals surface area contributed by atoms with Gasteiger partial charge in [-0.2, -0.15) is 0 Å². The Morgan fingerprint density at radius 3 is 2.88 bits per heavy atom. The molecule has 0 radical (unpaired) electrons. The number of halogens is 1. The largest absolute Gasteiger partial charge is 0.329 e. The van der Waals surface area contributed by atoms with E-state index in [1.807, 2.05) is 0 Å². The van der Waals surface area contributed by atoms with Crippen molar-refractivity contribution in [3.8, 4) is 0 Å². The summed E-state index contributed by atoms with van der Waals surface area (Å²) in [7, 11) is 0. The highest BCUT2D eigenvalue weighted by Gasteiger charge is 2.06. The molecule has 86 valence electrons. The molecule has 0 saturated carbocycles. The van der Waals surface area contributed by atoms with Crippen LogP contribution in [0.1, 0.15) is 10.4 Å². The van der Waals surface area contributed by atoms with E-state index >= 15 is 0 Å². The van der Waals surface area contributed by atoms with Gasteiger partial charge in [-0.05, 0) is 34.1 Å².